The number of aryl methyl sites for hydroxylation is 1. The number of hydrogen-bond acceptors (Lipinski definition) is 4. The normalized spacial score (nSPS) is 10.3. The molecule has 1 aromatic heterocycles. The lowest BCUT2D eigenvalue weighted by Crippen LogP contribution is -2.16. The van der Waals surface area contributed by atoms with Crippen LogP contribution in [0.1, 0.15) is 27.3 Å². The standard InChI is InChI=1S/C13H14N4O/c1-8-2-4-9(5-3-8)6-11-16-7-10(13(15)18)12(14)17-11/h2-5,7H,6H2,1H3,(H2,15,18)(H2,14,16,17). The number of aromatic nitrogens is 2. The van der Waals surface area contributed by atoms with E-state index in [1.807, 2.05) is 31.2 Å². The van der Waals surface area contributed by atoms with Crippen LogP contribution in [0.25, 0.3) is 0 Å². The van der Waals surface area contributed by atoms with Gasteiger partial charge < -0.3 is 11.5 Å². The molecule has 0 fully saturated rings. The third-order valence-electron chi connectivity index (χ3n) is 2.62. The zero-order valence-electron chi connectivity index (χ0n) is 10.1. The Balaban J connectivity index is 2.22. The summed E-state index contributed by atoms with van der Waals surface area (Å²) in [4.78, 5) is 19.2. The lowest BCUT2D eigenvalue weighted by atomic mass is 10.1. The van der Waals surface area contributed by atoms with Gasteiger partial charge in [-0.1, -0.05) is 29.8 Å². The maximum absolute atomic E-state index is 11.0. The maximum Gasteiger partial charge on any atom is 0.254 e. The molecule has 0 bridgehead atoms. The summed E-state index contributed by atoms with van der Waals surface area (Å²) in [6.45, 7) is 2.03. The summed E-state index contributed by atoms with van der Waals surface area (Å²) in [5.41, 5.74) is 13.2. The molecule has 5 heteroatoms. The van der Waals surface area contributed by atoms with Gasteiger partial charge in [-0.2, -0.15) is 0 Å². The van der Waals surface area contributed by atoms with Gasteiger partial charge >= 0.3 is 0 Å². The van der Waals surface area contributed by atoms with Crippen molar-refractivity contribution >= 4 is 11.7 Å². The van der Waals surface area contributed by atoms with E-state index in [0.29, 0.717) is 12.2 Å². The number of carbonyl (C=O) groups excluding carboxylic acids is 1. The van der Waals surface area contributed by atoms with Crippen molar-refractivity contribution < 1.29 is 4.79 Å². The van der Waals surface area contributed by atoms with Crippen LogP contribution in [-0.4, -0.2) is 15.9 Å². The van der Waals surface area contributed by atoms with Gasteiger partial charge in [-0.05, 0) is 12.5 Å². The molecule has 2 rings (SSSR count). The minimum Gasteiger partial charge on any atom is -0.383 e. The Labute approximate surface area is 105 Å². The molecule has 0 saturated carbocycles. The van der Waals surface area contributed by atoms with Gasteiger partial charge in [0.25, 0.3) is 5.91 Å². The lowest BCUT2D eigenvalue weighted by molar-refractivity contribution is 0.100. The molecule has 18 heavy (non-hydrogen) atoms. The fourth-order valence-corrected chi connectivity index (χ4v) is 1.60. The summed E-state index contributed by atoms with van der Waals surface area (Å²) in [7, 11) is 0. The Hall–Kier alpha value is -2.43. The van der Waals surface area contributed by atoms with Crippen molar-refractivity contribution in [1.82, 2.24) is 9.97 Å². The number of nitrogen functional groups attached to an aromatic ring is 1. The zero-order valence-corrected chi connectivity index (χ0v) is 10.1. The van der Waals surface area contributed by atoms with E-state index < -0.39 is 5.91 Å². The second-order valence-corrected chi connectivity index (χ2v) is 4.11. The number of nitrogens with two attached hydrogens (primary N) is 2. The molecule has 0 saturated heterocycles. The van der Waals surface area contributed by atoms with Crippen LogP contribution in [0, 0.1) is 6.92 Å². The summed E-state index contributed by atoms with van der Waals surface area (Å²) in [6, 6.07) is 8.07. The molecule has 0 aliphatic rings. The van der Waals surface area contributed by atoms with Crippen molar-refractivity contribution in [3.8, 4) is 0 Å². The van der Waals surface area contributed by atoms with E-state index in [1.54, 1.807) is 0 Å². The monoisotopic (exact) mass is 242 g/mol. The smallest absolute Gasteiger partial charge is 0.254 e. The van der Waals surface area contributed by atoms with Crippen LogP contribution in [0.4, 0.5) is 5.82 Å². The molecule has 0 radical (unpaired) electrons. The quantitative estimate of drug-likeness (QED) is 0.841. The Kier molecular flexibility index (Phi) is 3.23. The highest BCUT2D eigenvalue weighted by Gasteiger charge is 2.09. The Morgan fingerprint density at radius 1 is 1.28 bits per heavy atom. The zero-order chi connectivity index (χ0) is 13.1. The van der Waals surface area contributed by atoms with E-state index in [4.69, 9.17) is 11.5 Å². The molecule has 92 valence electrons. The SMILES string of the molecule is Cc1ccc(Cc2ncc(C(N)=O)c(N)n2)cc1. The van der Waals surface area contributed by atoms with Crippen molar-refractivity contribution in [2.45, 2.75) is 13.3 Å². The molecule has 1 aromatic carbocycles. The summed E-state index contributed by atoms with van der Waals surface area (Å²) >= 11 is 0. The number of amides is 1. The molecular formula is C13H14N4O. The first-order valence-electron chi connectivity index (χ1n) is 5.53. The van der Waals surface area contributed by atoms with Gasteiger partial charge in [0, 0.05) is 12.6 Å². The number of nitrogens with zero attached hydrogens (tertiary/aromatic N) is 2. The lowest BCUT2D eigenvalue weighted by Gasteiger charge is -2.04. The van der Waals surface area contributed by atoms with Crippen LogP contribution in [0.5, 0.6) is 0 Å². The fourth-order valence-electron chi connectivity index (χ4n) is 1.60. The van der Waals surface area contributed by atoms with Crippen molar-refractivity contribution in [3.63, 3.8) is 0 Å². The van der Waals surface area contributed by atoms with Gasteiger partial charge in [0.1, 0.15) is 11.6 Å². The van der Waals surface area contributed by atoms with Crippen LogP contribution >= 0.6 is 0 Å². The minimum absolute atomic E-state index is 0.125. The molecule has 1 heterocycles. The van der Waals surface area contributed by atoms with Gasteiger partial charge in [0.2, 0.25) is 0 Å². The van der Waals surface area contributed by atoms with E-state index in [2.05, 4.69) is 9.97 Å². The molecule has 0 aliphatic carbocycles. The van der Waals surface area contributed by atoms with Gasteiger partial charge in [-0.25, -0.2) is 9.97 Å². The molecular weight excluding hydrogens is 228 g/mol. The molecule has 0 aliphatic heterocycles. The van der Waals surface area contributed by atoms with Crippen molar-refractivity contribution in [2.24, 2.45) is 5.73 Å². The summed E-state index contributed by atoms with van der Waals surface area (Å²) in [5.74, 6) is 0.0790. The molecule has 0 spiro atoms. The number of hydrogen-bond donors (Lipinski definition) is 2. The molecule has 2 aromatic rings. The Bertz CT molecular complexity index is 578. The summed E-state index contributed by atoms with van der Waals surface area (Å²) in [6.07, 6.45) is 1.94. The van der Waals surface area contributed by atoms with Crippen LogP contribution in [0.2, 0.25) is 0 Å². The number of carbonyl (C=O) groups is 1. The summed E-state index contributed by atoms with van der Waals surface area (Å²) in [5, 5.41) is 0. The number of primary amides is 1. The first-order chi connectivity index (χ1) is 8.56. The van der Waals surface area contributed by atoms with Crippen LogP contribution in [-0.2, 0) is 6.42 Å². The molecule has 5 nitrogen and oxygen atoms in total. The molecule has 0 atom stereocenters. The number of anilines is 1. The van der Waals surface area contributed by atoms with E-state index in [9.17, 15) is 4.79 Å². The van der Waals surface area contributed by atoms with E-state index in [0.717, 1.165) is 5.56 Å². The Morgan fingerprint density at radius 2 is 1.94 bits per heavy atom. The number of rotatable bonds is 3. The summed E-state index contributed by atoms with van der Waals surface area (Å²) < 4.78 is 0. The predicted octanol–water partition coefficient (Wildman–Crippen LogP) is 1.06. The highest BCUT2D eigenvalue weighted by Crippen LogP contribution is 2.11. The second kappa shape index (κ2) is 4.83. The van der Waals surface area contributed by atoms with Crippen LogP contribution < -0.4 is 11.5 Å². The van der Waals surface area contributed by atoms with E-state index in [-0.39, 0.29) is 11.4 Å². The van der Waals surface area contributed by atoms with Crippen LogP contribution in [0.15, 0.2) is 30.5 Å². The highest BCUT2D eigenvalue weighted by molar-refractivity contribution is 5.96. The third kappa shape index (κ3) is 2.63. The minimum atomic E-state index is -0.616. The second-order valence-electron chi connectivity index (χ2n) is 4.11. The number of benzene rings is 1. The highest BCUT2D eigenvalue weighted by atomic mass is 16.1. The van der Waals surface area contributed by atoms with Gasteiger partial charge in [-0.15, -0.1) is 0 Å². The van der Waals surface area contributed by atoms with Crippen molar-refractivity contribution in [3.05, 3.63) is 53.0 Å². The predicted molar refractivity (Wildman–Crippen MR) is 68.9 cm³/mol. The van der Waals surface area contributed by atoms with E-state index in [1.165, 1.54) is 11.8 Å². The topological polar surface area (TPSA) is 94.9 Å². The Morgan fingerprint density at radius 3 is 2.50 bits per heavy atom. The van der Waals surface area contributed by atoms with Crippen molar-refractivity contribution in [1.29, 1.82) is 0 Å². The maximum atomic E-state index is 11.0. The van der Waals surface area contributed by atoms with Gasteiger partial charge in [0.15, 0.2) is 0 Å². The average molecular weight is 242 g/mol. The largest absolute Gasteiger partial charge is 0.383 e. The first-order valence-corrected chi connectivity index (χ1v) is 5.53. The fraction of sp³-hybridized carbons (Fsp3) is 0.154. The molecule has 4 N–H and O–H groups in total. The molecule has 0 unspecified atom stereocenters. The van der Waals surface area contributed by atoms with E-state index >= 15 is 0 Å². The first kappa shape index (κ1) is 12.0. The van der Waals surface area contributed by atoms with Crippen LogP contribution in [0.3, 0.4) is 0 Å². The third-order valence-corrected chi connectivity index (χ3v) is 2.62. The van der Waals surface area contributed by atoms with Gasteiger partial charge in [0.05, 0.1) is 5.56 Å². The van der Waals surface area contributed by atoms with Crippen molar-refractivity contribution in [2.75, 3.05) is 5.73 Å². The molecule has 1 amide bonds. The van der Waals surface area contributed by atoms with Gasteiger partial charge in [-0.3, -0.25) is 4.79 Å². The average Bonchev–Trinajstić information content (AvgIpc) is 2.32.